The Kier molecular flexibility index (Phi) is 5.13. The van der Waals surface area contributed by atoms with Crippen molar-refractivity contribution >= 4 is 39.2 Å². The van der Waals surface area contributed by atoms with Crippen LogP contribution < -0.4 is 5.32 Å². The molecule has 3 aromatic carbocycles. The molecule has 5 rings (SSSR count). The smallest absolute Gasteiger partial charge is 0.296 e. The van der Waals surface area contributed by atoms with Crippen LogP contribution in [0.3, 0.4) is 0 Å². The lowest BCUT2D eigenvalue weighted by molar-refractivity contribution is -0.112. The predicted molar refractivity (Wildman–Crippen MR) is 127 cm³/mol. The lowest BCUT2D eigenvalue weighted by Crippen LogP contribution is -2.22. The fraction of sp³-hybridized carbons (Fsp3) is 0.0370. The molecule has 0 spiro atoms. The number of Topliss-reactive ketones (excluding diaryl/α,β-unsaturated/α-hetero) is 1. The Hall–Kier alpha value is -4.76. The molecular weight excluding hydrogens is 412 g/mol. The first kappa shape index (κ1) is 20.2. The van der Waals surface area contributed by atoms with Gasteiger partial charge in [0.2, 0.25) is 0 Å². The number of benzene rings is 3. The van der Waals surface area contributed by atoms with Gasteiger partial charge >= 0.3 is 0 Å². The third-order valence-corrected chi connectivity index (χ3v) is 5.54. The number of ketones is 1. The zero-order chi connectivity index (χ0) is 22.8. The first-order valence-corrected chi connectivity index (χ1v) is 10.4. The predicted octanol–water partition coefficient (Wildman–Crippen LogP) is 4.93. The molecule has 33 heavy (non-hydrogen) atoms. The van der Waals surface area contributed by atoms with Crippen LogP contribution in [-0.2, 0) is 11.3 Å². The van der Waals surface area contributed by atoms with E-state index in [1.54, 1.807) is 42.7 Å². The van der Waals surface area contributed by atoms with Crippen molar-refractivity contribution in [3.63, 3.8) is 0 Å². The maximum atomic E-state index is 13.1. The summed E-state index contributed by atoms with van der Waals surface area (Å²) in [6, 6.07) is 26.0. The molecule has 0 radical (unpaired) electrons. The standard InChI is InChI=1S/C27H18N4O2/c28-15-18-7-9-19(10-8-18)16-31-17-23(22-5-1-2-6-25(22)31)26(32)27(33)30-21-11-12-24-20(14-21)4-3-13-29-24/h1-14,17H,16H2,(H,30,33). The third-order valence-electron chi connectivity index (χ3n) is 5.54. The van der Waals surface area contributed by atoms with Crippen LogP contribution in [0.1, 0.15) is 21.5 Å². The van der Waals surface area contributed by atoms with E-state index < -0.39 is 11.7 Å². The van der Waals surface area contributed by atoms with Crippen LogP contribution in [0.25, 0.3) is 21.8 Å². The van der Waals surface area contributed by atoms with Crippen LogP contribution in [0.2, 0.25) is 0 Å². The lowest BCUT2D eigenvalue weighted by Gasteiger charge is -2.06. The monoisotopic (exact) mass is 430 g/mol. The molecule has 0 aliphatic heterocycles. The summed E-state index contributed by atoms with van der Waals surface area (Å²) in [6.45, 7) is 0.513. The minimum absolute atomic E-state index is 0.346. The highest BCUT2D eigenvalue weighted by atomic mass is 16.2. The Morgan fingerprint density at radius 3 is 2.61 bits per heavy atom. The first-order chi connectivity index (χ1) is 16.1. The molecule has 2 aromatic heterocycles. The number of carbonyl (C=O) groups is 2. The number of carbonyl (C=O) groups excluding carboxylic acids is 2. The zero-order valence-electron chi connectivity index (χ0n) is 17.5. The molecule has 0 fully saturated rings. The highest BCUT2D eigenvalue weighted by Gasteiger charge is 2.22. The number of rotatable bonds is 5. The van der Waals surface area contributed by atoms with Gasteiger partial charge in [-0.2, -0.15) is 5.26 Å². The van der Waals surface area contributed by atoms with Gasteiger partial charge in [-0.05, 0) is 48.0 Å². The van der Waals surface area contributed by atoms with Crippen LogP contribution in [0.15, 0.2) is 91.3 Å². The van der Waals surface area contributed by atoms with Crippen LogP contribution in [-0.4, -0.2) is 21.2 Å². The van der Waals surface area contributed by atoms with Crippen LogP contribution in [0.4, 0.5) is 5.69 Å². The highest BCUT2D eigenvalue weighted by Crippen LogP contribution is 2.24. The molecule has 0 atom stereocenters. The molecule has 1 amide bonds. The van der Waals surface area contributed by atoms with Crippen LogP contribution in [0.5, 0.6) is 0 Å². The second kappa shape index (κ2) is 8.40. The third kappa shape index (κ3) is 3.95. The van der Waals surface area contributed by atoms with Gasteiger partial charge in [-0.3, -0.25) is 14.6 Å². The Balaban J connectivity index is 1.43. The summed E-state index contributed by atoms with van der Waals surface area (Å²) in [6.07, 6.45) is 3.42. The van der Waals surface area contributed by atoms with E-state index >= 15 is 0 Å². The lowest BCUT2D eigenvalue weighted by atomic mass is 10.1. The second-order valence-electron chi connectivity index (χ2n) is 7.69. The molecular formula is C27H18N4O2. The quantitative estimate of drug-likeness (QED) is 0.316. The molecule has 0 saturated heterocycles. The average Bonchev–Trinajstić information content (AvgIpc) is 3.22. The van der Waals surface area contributed by atoms with Gasteiger partial charge in [0.15, 0.2) is 0 Å². The summed E-state index contributed by atoms with van der Waals surface area (Å²) >= 11 is 0. The number of hydrogen-bond donors (Lipinski definition) is 1. The van der Waals surface area contributed by atoms with Crippen molar-refractivity contribution in [2.24, 2.45) is 0 Å². The number of aromatic nitrogens is 2. The van der Waals surface area contributed by atoms with Gasteiger partial charge in [-0.1, -0.05) is 36.4 Å². The van der Waals surface area contributed by atoms with E-state index in [4.69, 9.17) is 5.26 Å². The molecule has 0 saturated carbocycles. The number of nitriles is 1. The van der Waals surface area contributed by atoms with Gasteiger partial charge in [0, 0.05) is 40.9 Å². The Bertz CT molecular complexity index is 1560. The van der Waals surface area contributed by atoms with Crippen molar-refractivity contribution in [3.05, 3.63) is 108 Å². The molecule has 0 unspecified atom stereocenters. The number of nitrogens with zero attached hydrogens (tertiary/aromatic N) is 3. The van der Waals surface area contributed by atoms with E-state index in [9.17, 15) is 9.59 Å². The number of pyridine rings is 1. The molecule has 158 valence electrons. The molecule has 5 aromatic rings. The molecule has 0 bridgehead atoms. The molecule has 0 aliphatic carbocycles. The summed E-state index contributed by atoms with van der Waals surface area (Å²) in [5.41, 5.74) is 4.13. The van der Waals surface area contributed by atoms with E-state index in [0.29, 0.717) is 28.7 Å². The van der Waals surface area contributed by atoms with E-state index in [-0.39, 0.29) is 0 Å². The summed E-state index contributed by atoms with van der Waals surface area (Å²) < 4.78 is 1.94. The summed E-state index contributed by atoms with van der Waals surface area (Å²) in [5.74, 6) is -1.30. The number of amides is 1. The van der Waals surface area contributed by atoms with E-state index in [0.717, 1.165) is 22.0 Å². The topological polar surface area (TPSA) is 87.8 Å². The average molecular weight is 430 g/mol. The number of hydrogen-bond acceptors (Lipinski definition) is 4. The van der Waals surface area contributed by atoms with Gasteiger partial charge in [0.1, 0.15) is 0 Å². The summed E-state index contributed by atoms with van der Waals surface area (Å²) in [7, 11) is 0. The molecule has 0 aliphatic rings. The van der Waals surface area contributed by atoms with Gasteiger partial charge in [0.05, 0.1) is 22.7 Å². The highest BCUT2D eigenvalue weighted by molar-refractivity contribution is 6.48. The van der Waals surface area contributed by atoms with Crippen LogP contribution in [0, 0.1) is 11.3 Å². The van der Waals surface area contributed by atoms with Gasteiger partial charge in [-0.25, -0.2) is 0 Å². The minimum Gasteiger partial charge on any atom is -0.342 e. The number of anilines is 1. The van der Waals surface area contributed by atoms with Crippen molar-refractivity contribution in [1.82, 2.24) is 9.55 Å². The Morgan fingerprint density at radius 1 is 0.970 bits per heavy atom. The maximum absolute atomic E-state index is 13.1. The van der Waals surface area contributed by atoms with Crippen LogP contribution >= 0.6 is 0 Å². The van der Waals surface area contributed by atoms with Crippen molar-refractivity contribution in [2.45, 2.75) is 6.54 Å². The molecule has 1 N–H and O–H groups in total. The summed E-state index contributed by atoms with van der Waals surface area (Å²) in [4.78, 5) is 30.2. The number of fused-ring (bicyclic) bond motifs is 2. The number of nitrogens with one attached hydrogen (secondary N) is 1. The molecule has 2 heterocycles. The molecule has 6 heteroatoms. The fourth-order valence-corrected chi connectivity index (χ4v) is 3.90. The minimum atomic E-state index is -0.695. The second-order valence-corrected chi connectivity index (χ2v) is 7.69. The number of para-hydroxylation sites is 1. The maximum Gasteiger partial charge on any atom is 0.296 e. The summed E-state index contributed by atoms with van der Waals surface area (Å²) in [5, 5.41) is 13.3. The van der Waals surface area contributed by atoms with Gasteiger partial charge in [0.25, 0.3) is 11.7 Å². The SMILES string of the molecule is N#Cc1ccc(Cn2cc(C(=O)C(=O)Nc3ccc4ncccc4c3)c3ccccc32)cc1. The first-order valence-electron chi connectivity index (χ1n) is 10.4. The van der Waals surface area contributed by atoms with Crippen molar-refractivity contribution in [2.75, 3.05) is 5.32 Å². The fourth-order valence-electron chi connectivity index (χ4n) is 3.90. The largest absolute Gasteiger partial charge is 0.342 e. The molecule has 6 nitrogen and oxygen atoms in total. The zero-order valence-corrected chi connectivity index (χ0v) is 17.5. The Labute approximate surface area is 189 Å². The van der Waals surface area contributed by atoms with E-state index in [1.165, 1.54) is 0 Å². The normalized spacial score (nSPS) is 10.8. The van der Waals surface area contributed by atoms with E-state index in [1.807, 2.05) is 53.1 Å². The Morgan fingerprint density at radius 2 is 1.79 bits per heavy atom. The van der Waals surface area contributed by atoms with Crippen molar-refractivity contribution in [3.8, 4) is 6.07 Å². The van der Waals surface area contributed by atoms with Gasteiger partial charge < -0.3 is 9.88 Å². The van der Waals surface area contributed by atoms with E-state index in [2.05, 4.69) is 16.4 Å². The van der Waals surface area contributed by atoms with Crippen molar-refractivity contribution < 1.29 is 9.59 Å². The van der Waals surface area contributed by atoms with Crippen molar-refractivity contribution in [1.29, 1.82) is 5.26 Å². The van der Waals surface area contributed by atoms with Gasteiger partial charge in [-0.15, -0.1) is 0 Å².